The Hall–Kier alpha value is -7.10. The van der Waals surface area contributed by atoms with E-state index < -0.39 is 0 Å². The molecule has 0 atom stereocenters. The first kappa shape index (κ1) is 29.6. The average molecular weight is 677 g/mol. The molecule has 1 aliphatic heterocycles. The largest absolute Gasteiger partial charge is 0.453 e. The van der Waals surface area contributed by atoms with Crippen molar-refractivity contribution >= 4 is 60.4 Å². The molecule has 2 heterocycles. The number of hydrogen-bond acceptors (Lipinski definition) is 2. The molecule has 53 heavy (non-hydrogen) atoms. The maximum absolute atomic E-state index is 6.36. The van der Waals surface area contributed by atoms with E-state index >= 15 is 0 Å². The zero-order chi connectivity index (χ0) is 34.9. The van der Waals surface area contributed by atoms with Crippen molar-refractivity contribution in [2.75, 3.05) is 4.90 Å². The fraction of sp³-hybridized carbons (Fsp3) is 0. The summed E-state index contributed by atoms with van der Waals surface area (Å²) >= 11 is 0. The van der Waals surface area contributed by atoms with E-state index in [1.165, 1.54) is 54.5 Å². The summed E-state index contributed by atoms with van der Waals surface area (Å²) in [5, 5.41) is 7.49. The molecule has 0 saturated heterocycles. The number of nitrogens with zero attached hydrogens (tertiary/aromatic N) is 2. The van der Waals surface area contributed by atoms with Gasteiger partial charge in [0.25, 0.3) is 0 Å². The molecule has 0 radical (unpaired) electrons. The Labute approximate surface area is 307 Å². The van der Waals surface area contributed by atoms with Crippen LogP contribution in [0.2, 0.25) is 0 Å². The molecule has 0 bridgehead atoms. The van der Waals surface area contributed by atoms with Gasteiger partial charge in [-0.15, -0.1) is 0 Å². The van der Waals surface area contributed by atoms with Crippen molar-refractivity contribution in [3.05, 3.63) is 194 Å². The summed E-state index contributed by atoms with van der Waals surface area (Å²) in [6.07, 6.45) is 0. The van der Waals surface area contributed by atoms with Crippen LogP contribution in [0.4, 0.5) is 17.1 Å². The Morgan fingerprint density at radius 2 is 1.06 bits per heavy atom. The number of anilines is 3. The third kappa shape index (κ3) is 4.68. The zero-order valence-corrected chi connectivity index (χ0v) is 28.8. The molecule has 0 saturated carbocycles. The van der Waals surface area contributed by atoms with Gasteiger partial charge in [0, 0.05) is 27.8 Å². The van der Waals surface area contributed by atoms with Gasteiger partial charge in [0.1, 0.15) is 0 Å². The van der Waals surface area contributed by atoms with Crippen molar-refractivity contribution in [1.82, 2.24) is 4.57 Å². The minimum atomic E-state index is 0.876. The molecule has 9 aromatic carbocycles. The van der Waals surface area contributed by atoms with Crippen LogP contribution >= 0.6 is 0 Å². The first-order valence-electron chi connectivity index (χ1n) is 18.1. The maximum atomic E-state index is 6.36. The minimum Gasteiger partial charge on any atom is -0.453 e. The van der Waals surface area contributed by atoms with Crippen LogP contribution in [0.15, 0.2) is 194 Å². The standard InChI is InChI=1S/C50H32N2O/c1-2-13-37(14-3-1)51(38-27-23-34(24-28-38)41-17-9-18-42-40-16-5-4-11-33(40)25-29-43(41)42)39-15-8-12-35(31-39)36-26-30-46-45(32-36)44-19-10-22-49-50(44)52(46)47-20-6-7-21-48(47)53-49/h1-32H. The zero-order valence-electron chi connectivity index (χ0n) is 28.8. The fourth-order valence-electron chi connectivity index (χ4n) is 8.33. The highest BCUT2D eigenvalue weighted by Crippen LogP contribution is 2.46. The second kappa shape index (κ2) is 11.7. The predicted molar refractivity (Wildman–Crippen MR) is 221 cm³/mol. The van der Waals surface area contributed by atoms with Gasteiger partial charge in [-0.05, 0) is 111 Å². The molecule has 1 aromatic heterocycles. The molecule has 0 unspecified atom stereocenters. The summed E-state index contributed by atoms with van der Waals surface area (Å²) in [7, 11) is 0. The molecule has 0 fully saturated rings. The fourth-order valence-corrected chi connectivity index (χ4v) is 8.33. The van der Waals surface area contributed by atoms with Crippen LogP contribution in [0, 0.1) is 0 Å². The van der Waals surface area contributed by atoms with Gasteiger partial charge in [0.05, 0.1) is 16.7 Å². The number of aromatic nitrogens is 1. The molecule has 11 rings (SSSR count). The number of benzene rings is 9. The third-order valence-electron chi connectivity index (χ3n) is 10.8. The van der Waals surface area contributed by atoms with E-state index in [9.17, 15) is 0 Å². The van der Waals surface area contributed by atoms with Crippen LogP contribution in [0.5, 0.6) is 11.5 Å². The number of fused-ring (bicyclic) bond motifs is 8. The van der Waals surface area contributed by atoms with Crippen LogP contribution in [0.3, 0.4) is 0 Å². The minimum absolute atomic E-state index is 0.876. The van der Waals surface area contributed by atoms with Crippen LogP contribution in [-0.4, -0.2) is 4.57 Å². The van der Waals surface area contributed by atoms with E-state index in [0.717, 1.165) is 45.3 Å². The van der Waals surface area contributed by atoms with Crippen molar-refractivity contribution in [2.45, 2.75) is 0 Å². The van der Waals surface area contributed by atoms with Gasteiger partial charge >= 0.3 is 0 Å². The van der Waals surface area contributed by atoms with Crippen LogP contribution in [0.1, 0.15) is 0 Å². The molecule has 1 aliphatic rings. The summed E-state index contributed by atoms with van der Waals surface area (Å²) < 4.78 is 8.71. The molecule has 3 heteroatoms. The molecule has 10 aromatic rings. The Balaban J connectivity index is 1.01. The predicted octanol–water partition coefficient (Wildman–Crippen LogP) is 14.0. The Morgan fingerprint density at radius 3 is 1.98 bits per heavy atom. The SMILES string of the molecule is c1ccc(N(c2ccc(-c3cccc4c3ccc3ccccc34)cc2)c2cccc(-c3ccc4c(c3)c3cccc5c3n4-c3ccccc3O5)c2)cc1. The topological polar surface area (TPSA) is 17.4 Å². The van der Waals surface area contributed by atoms with E-state index in [0.29, 0.717) is 0 Å². The van der Waals surface area contributed by atoms with Crippen molar-refractivity contribution in [1.29, 1.82) is 0 Å². The number of rotatable bonds is 5. The first-order chi connectivity index (χ1) is 26.3. The lowest BCUT2D eigenvalue weighted by Crippen LogP contribution is -2.09. The number of ether oxygens (including phenoxy) is 1. The maximum Gasteiger partial charge on any atom is 0.152 e. The molecule has 0 spiro atoms. The van der Waals surface area contributed by atoms with Gasteiger partial charge in [-0.3, -0.25) is 0 Å². The van der Waals surface area contributed by atoms with Gasteiger partial charge < -0.3 is 14.2 Å². The number of para-hydroxylation sites is 4. The van der Waals surface area contributed by atoms with Gasteiger partial charge in [0.15, 0.2) is 11.5 Å². The Morgan fingerprint density at radius 1 is 0.377 bits per heavy atom. The van der Waals surface area contributed by atoms with E-state index in [4.69, 9.17) is 4.74 Å². The Bertz CT molecular complexity index is 3030. The second-order valence-corrected chi connectivity index (χ2v) is 13.7. The van der Waals surface area contributed by atoms with E-state index in [2.05, 4.69) is 191 Å². The molecule has 0 amide bonds. The van der Waals surface area contributed by atoms with Crippen molar-refractivity contribution < 1.29 is 4.74 Å². The molecule has 0 aliphatic carbocycles. The lowest BCUT2D eigenvalue weighted by atomic mass is 9.94. The van der Waals surface area contributed by atoms with Crippen molar-refractivity contribution in [2.24, 2.45) is 0 Å². The van der Waals surface area contributed by atoms with Gasteiger partial charge in [-0.1, -0.05) is 127 Å². The Kier molecular flexibility index (Phi) is 6.55. The molecule has 248 valence electrons. The lowest BCUT2D eigenvalue weighted by Gasteiger charge is -2.26. The molecular formula is C50H32N2O. The number of hydrogen-bond donors (Lipinski definition) is 0. The van der Waals surface area contributed by atoms with Gasteiger partial charge in [-0.25, -0.2) is 0 Å². The van der Waals surface area contributed by atoms with E-state index in [1.807, 2.05) is 12.1 Å². The highest BCUT2D eigenvalue weighted by Gasteiger charge is 2.23. The monoisotopic (exact) mass is 676 g/mol. The smallest absolute Gasteiger partial charge is 0.152 e. The van der Waals surface area contributed by atoms with Gasteiger partial charge in [-0.2, -0.15) is 0 Å². The summed E-state index contributed by atoms with van der Waals surface area (Å²) in [5.74, 6) is 1.76. The summed E-state index contributed by atoms with van der Waals surface area (Å²) in [4.78, 5) is 2.34. The van der Waals surface area contributed by atoms with E-state index in [-0.39, 0.29) is 0 Å². The molecular weight excluding hydrogens is 645 g/mol. The normalized spacial score (nSPS) is 11.9. The van der Waals surface area contributed by atoms with Crippen LogP contribution in [-0.2, 0) is 0 Å². The lowest BCUT2D eigenvalue weighted by molar-refractivity contribution is 0.476. The quantitative estimate of drug-likeness (QED) is 0.169. The van der Waals surface area contributed by atoms with E-state index in [1.54, 1.807) is 0 Å². The molecule has 0 N–H and O–H groups in total. The molecule has 3 nitrogen and oxygen atoms in total. The van der Waals surface area contributed by atoms with Crippen LogP contribution < -0.4 is 9.64 Å². The van der Waals surface area contributed by atoms with Crippen LogP contribution in [0.25, 0.3) is 71.3 Å². The third-order valence-corrected chi connectivity index (χ3v) is 10.8. The van der Waals surface area contributed by atoms with Crippen molar-refractivity contribution in [3.8, 4) is 39.4 Å². The van der Waals surface area contributed by atoms with Crippen molar-refractivity contribution in [3.63, 3.8) is 0 Å². The highest BCUT2D eigenvalue weighted by atomic mass is 16.5. The average Bonchev–Trinajstić information content (AvgIpc) is 3.56. The summed E-state index contributed by atoms with van der Waals surface area (Å²) in [6.45, 7) is 0. The summed E-state index contributed by atoms with van der Waals surface area (Å²) in [5.41, 5.74) is 11.4. The second-order valence-electron chi connectivity index (χ2n) is 13.7. The highest BCUT2D eigenvalue weighted by molar-refractivity contribution is 6.14. The first-order valence-corrected chi connectivity index (χ1v) is 18.1. The van der Waals surface area contributed by atoms with Gasteiger partial charge in [0.2, 0.25) is 0 Å². The summed E-state index contributed by atoms with van der Waals surface area (Å²) in [6, 6.07) is 69.8.